The van der Waals surface area contributed by atoms with Crippen LogP contribution in [0.2, 0.25) is 0 Å². The van der Waals surface area contributed by atoms with Gasteiger partial charge in [-0.2, -0.15) is 35.1 Å². The van der Waals surface area contributed by atoms with Crippen molar-refractivity contribution in [2.24, 2.45) is 0 Å². The second kappa shape index (κ2) is 9.07. The van der Waals surface area contributed by atoms with E-state index in [2.05, 4.69) is 4.18 Å². The van der Waals surface area contributed by atoms with Gasteiger partial charge in [0.2, 0.25) is 0 Å². The molecule has 0 radical (unpaired) electrons. The molecule has 0 N–H and O–H groups in total. The zero-order valence-corrected chi connectivity index (χ0v) is 17.0. The molecule has 0 amide bonds. The van der Waals surface area contributed by atoms with Crippen molar-refractivity contribution >= 4 is 23.6 Å². The lowest BCUT2D eigenvalue weighted by atomic mass is 9.75. The lowest BCUT2D eigenvalue weighted by Gasteiger charge is -2.31. The van der Waals surface area contributed by atoms with Gasteiger partial charge in [-0.1, -0.05) is 50.7 Å². The molecule has 0 aromatic heterocycles. The molecular formula is C19H27F3O3S2. The third kappa shape index (κ3) is 5.13. The normalized spacial score (nSPS) is 20.1. The van der Waals surface area contributed by atoms with E-state index < -0.39 is 15.6 Å². The van der Waals surface area contributed by atoms with Gasteiger partial charge >= 0.3 is 15.6 Å². The minimum Gasteiger partial charge on any atom is -0.376 e. The molecule has 2 aliphatic rings. The number of hydrogen-bond donors (Lipinski definition) is 0. The van der Waals surface area contributed by atoms with Gasteiger partial charge in [0.25, 0.3) is 0 Å². The smallest absolute Gasteiger partial charge is 0.376 e. The van der Waals surface area contributed by atoms with Crippen LogP contribution in [-0.2, 0) is 10.1 Å². The van der Waals surface area contributed by atoms with Gasteiger partial charge in [-0.3, -0.25) is 0 Å². The molecule has 0 saturated heterocycles. The van der Waals surface area contributed by atoms with Crippen molar-refractivity contribution in [3.63, 3.8) is 0 Å². The topological polar surface area (TPSA) is 43.4 Å². The Bertz CT molecular complexity index is 720. The fraction of sp³-hybridized carbons (Fsp3) is 0.684. The van der Waals surface area contributed by atoms with Crippen LogP contribution in [0.4, 0.5) is 13.2 Å². The van der Waals surface area contributed by atoms with Crippen molar-refractivity contribution in [1.82, 2.24) is 0 Å². The summed E-state index contributed by atoms with van der Waals surface area (Å²) in [4.78, 5) is 0. The van der Waals surface area contributed by atoms with Gasteiger partial charge in [0, 0.05) is 5.56 Å². The lowest BCUT2D eigenvalue weighted by Crippen LogP contribution is -2.29. The van der Waals surface area contributed by atoms with Crippen molar-refractivity contribution in [2.45, 2.75) is 81.6 Å². The first-order chi connectivity index (χ1) is 12.3. The molecule has 2 saturated carbocycles. The Hall–Kier alpha value is -0.890. The number of alkyl halides is 3. The molecule has 0 unspecified atom stereocenters. The van der Waals surface area contributed by atoms with Crippen LogP contribution in [0.1, 0.15) is 87.2 Å². The maximum Gasteiger partial charge on any atom is 0.534 e. The highest BCUT2D eigenvalue weighted by molar-refractivity contribution is 7.88. The first kappa shape index (κ1) is 22.4. The number of halogens is 3. The fourth-order valence-corrected chi connectivity index (χ4v) is 4.87. The average molecular weight is 425 g/mol. The molecule has 3 rings (SSSR count). The molecule has 0 bridgehead atoms. The van der Waals surface area contributed by atoms with E-state index in [0.717, 1.165) is 63.4 Å². The van der Waals surface area contributed by atoms with Crippen molar-refractivity contribution in [3.05, 3.63) is 29.3 Å². The number of rotatable bonds is 4. The van der Waals surface area contributed by atoms with Gasteiger partial charge in [0.15, 0.2) is 0 Å². The Kier molecular flexibility index (Phi) is 7.53. The van der Waals surface area contributed by atoms with Gasteiger partial charge < -0.3 is 4.18 Å². The molecule has 0 atom stereocenters. The second-order valence-electron chi connectivity index (χ2n) is 7.41. The molecule has 1 aromatic rings. The zero-order chi connectivity index (χ0) is 18.8. The summed E-state index contributed by atoms with van der Waals surface area (Å²) in [5.74, 6) is 0.218. The summed E-state index contributed by atoms with van der Waals surface area (Å²) in [7, 11) is -5.66. The minimum absolute atomic E-state index is 0. The predicted molar refractivity (Wildman–Crippen MR) is 104 cm³/mol. The molecule has 2 fully saturated rings. The highest BCUT2D eigenvalue weighted by atomic mass is 32.2. The summed E-state index contributed by atoms with van der Waals surface area (Å²) in [6.07, 6.45) is 10.2. The largest absolute Gasteiger partial charge is 0.534 e. The molecule has 0 heterocycles. The third-order valence-corrected chi connectivity index (χ3v) is 6.61. The van der Waals surface area contributed by atoms with Crippen LogP contribution >= 0.6 is 13.5 Å². The maximum atomic E-state index is 12.8. The third-order valence-electron chi connectivity index (χ3n) is 5.64. The summed E-state index contributed by atoms with van der Waals surface area (Å²) >= 11 is 0. The van der Waals surface area contributed by atoms with Crippen molar-refractivity contribution in [2.75, 3.05) is 0 Å². The lowest BCUT2D eigenvalue weighted by molar-refractivity contribution is -0.0500. The first-order valence-corrected chi connectivity index (χ1v) is 10.8. The Morgan fingerprint density at radius 2 is 1.37 bits per heavy atom. The number of hydrogen-bond acceptors (Lipinski definition) is 3. The van der Waals surface area contributed by atoms with Crippen LogP contribution in [0.25, 0.3) is 0 Å². The summed E-state index contributed by atoms with van der Waals surface area (Å²) in [5, 5.41) is 0. The molecule has 0 aliphatic heterocycles. The van der Waals surface area contributed by atoms with E-state index in [4.69, 9.17) is 0 Å². The van der Waals surface area contributed by atoms with E-state index in [1.807, 2.05) is 6.07 Å². The minimum atomic E-state index is -5.66. The van der Waals surface area contributed by atoms with Crippen LogP contribution < -0.4 is 4.18 Å². The van der Waals surface area contributed by atoms with Crippen LogP contribution in [0.5, 0.6) is 5.75 Å². The SMILES string of the molecule is O=S(=O)(Oc1cccc(C2CCCCC2)c1C1CCCCC1)C(F)(F)F.S. The highest BCUT2D eigenvalue weighted by Gasteiger charge is 2.49. The van der Waals surface area contributed by atoms with Gasteiger partial charge in [-0.05, 0) is 49.1 Å². The summed E-state index contributed by atoms with van der Waals surface area (Å²) in [5.41, 5.74) is -3.73. The molecule has 8 heteroatoms. The molecule has 1 aromatic carbocycles. The molecule has 154 valence electrons. The quantitative estimate of drug-likeness (QED) is 0.432. The standard InChI is InChI=1S/C19H25F3O3S.H2S/c20-19(21,22)26(23,24)25-17-13-7-12-16(14-8-3-1-4-9-14)18(17)15-10-5-2-6-11-15;/h7,12-15H,1-6,8-11H2;1H2. The van der Waals surface area contributed by atoms with Crippen molar-refractivity contribution in [3.8, 4) is 5.75 Å². The molecule has 2 aliphatic carbocycles. The van der Waals surface area contributed by atoms with Crippen molar-refractivity contribution in [1.29, 1.82) is 0 Å². The van der Waals surface area contributed by atoms with Crippen molar-refractivity contribution < 1.29 is 25.8 Å². The predicted octanol–water partition coefficient (Wildman–Crippen LogP) is 6.12. The van der Waals surface area contributed by atoms with E-state index in [1.165, 1.54) is 12.5 Å². The first-order valence-electron chi connectivity index (χ1n) is 9.43. The molecule has 3 nitrogen and oxygen atoms in total. The Balaban J connectivity index is 0.00000261. The van der Waals surface area contributed by atoms with E-state index in [1.54, 1.807) is 6.07 Å². The Morgan fingerprint density at radius 3 is 1.89 bits per heavy atom. The molecule has 27 heavy (non-hydrogen) atoms. The van der Waals surface area contributed by atoms with E-state index in [0.29, 0.717) is 5.56 Å². The Labute approximate surface area is 166 Å². The van der Waals surface area contributed by atoms with Gasteiger partial charge in [-0.25, -0.2) is 0 Å². The second-order valence-corrected chi connectivity index (χ2v) is 8.95. The maximum absolute atomic E-state index is 12.8. The highest BCUT2D eigenvalue weighted by Crippen LogP contribution is 2.45. The molecular weight excluding hydrogens is 397 g/mol. The average Bonchev–Trinajstić information content (AvgIpc) is 2.62. The van der Waals surface area contributed by atoms with Gasteiger partial charge in [0.05, 0.1) is 0 Å². The van der Waals surface area contributed by atoms with E-state index in [9.17, 15) is 21.6 Å². The van der Waals surface area contributed by atoms with Crippen LogP contribution in [0, 0.1) is 0 Å². The Morgan fingerprint density at radius 1 is 0.852 bits per heavy atom. The van der Waals surface area contributed by atoms with Crippen LogP contribution in [-0.4, -0.2) is 13.9 Å². The fourth-order valence-electron chi connectivity index (χ4n) is 4.40. The van der Waals surface area contributed by atoms with E-state index in [-0.39, 0.29) is 31.1 Å². The summed E-state index contributed by atoms with van der Waals surface area (Å²) < 4.78 is 66.3. The van der Waals surface area contributed by atoms with Gasteiger partial charge in [0.1, 0.15) is 5.75 Å². The monoisotopic (exact) mass is 424 g/mol. The summed E-state index contributed by atoms with van der Waals surface area (Å²) in [6, 6.07) is 4.95. The molecule has 0 spiro atoms. The zero-order valence-electron chi connectivity index (χ0n) is 15.2. The van der Waals surface area contributed by atoms with Crippen LogP contribution in [0.3, 0.4) is 0 Å². The van der Waals surface area contributed by atoms with Crippen LogP contribution in [0.15, 0.2) is 18.2 Å². The summed E-state index contributed by atoms with van der Waals surface area (Å²) in [6.45, 7) is 0. The van der Waals surface area contributed by atoms with E-state index >= 15 is 0 Å². The number of benzene rings is 1. The van der Waals surface area contributed by atoms with Gasteiger partial charge in [-0.15, -0.1) is 0 Å².